The molecule has 2 aromatic rings. The van der Waals surface area contributed by atoms with Crippen LogP contribution in [0.5, 0.6) is 0 Å². The van der Waals surface area contributed by atoms with Crippen molar-refractivity contribution in [3.05, 3.63) is 70.4 Å². The largest absolute Gasteiger partial charge is 0.416 e. The summed E-state index contributed by atoms with van der Waals surface area (Å²) in [4.78, 5) is 16.4. The fraction of sp³-hybridized carbons (Fsp3) is 0.333. The zero-order valence-electron chi connectivity index (χ0n) is 16.5. The SMILES string of the molecule is CNCC1=C(Nc2ccnc(Cc3cc(F)cc(C(F)(F)F)c3)c2)CC(C)NC1=O. The predicted molar refractivity (Wildman–Crippen MR) is 105 cm³/mol. The van der Waals surface area contributed by atoms with Crippen molar-refractivity contribution < 1.29 is 22.4 Å². The zero-order chi connectivity index (χ0) is 21.9. The van der Waals surface area contributed by atoms with E-state index < -0.39 is 17.6 Å². The number of halogens is 4. The molecule has 1 atom stereocenters. The molecule has 160 valence electrons. The number of hydrogen-bond acceptors (Lipinski definition) is 4. The van der Waals surface area contributed by atoms with Crippen molar-refractivity contribution in [1.29, 1.82) is 0 Å². The Morgan fingerprint density at radius 1 is 1.23 bits per heavy atom. The molecule has 1 aliphatic rings. The van der Waals surface area contributed by atoms with Crippen LogP contribution in [0.3, 0.4) is 0 Å². The van der Waals surface area contributed by atoms with E-state index in [9.17, 15) is 22.4 Å². The quantitative estimate of drug-likeness (QED) is 0.622. The highest BCUT2D eigenvalue weighted by atomic mass is 19.4. The van der Waals surface area contributed by atoms with Gasteiger partial charge in [0, 0.05) is 54.3 Å². The molecule has 5 nitrogen and oxygen atoms in total. The number of anilines is 1. The second kappa shape index (κ2) is 8.83. The van der Waals surface area contributed by atoms with Gasteiger partial charge in [0.25, 0.3) is 0 Å². The highest BCUT2D eigenvalue weighted by Gasteiger charge is 2.31. The number of hydrogen-bond donors (Lipinski definition) is 3. The molecule has 3 N–H and O–H groups in total. The van der Waals surface area contributed by atoms with Gasteiger partial charge in [0.15, 0.2) is 0 Å². The Morgan fingerprint density at radius 3 is 2.70 bits per heavy atom. The van der Waals surface area contributed by atoms with Crippen LogP contribution >= 0.6 is 0 Å². The van der Waals surface area contributed by atoms with Gasteiger partial charge in [-0.2, -0.15) is 13.2 Å². The number of amides is 1. The standard InChI is InChI=1S/C21H22F4N4O/c1-12-5-19(18(11-26-2)20(30)28-12)29-16-3-4-27-17(10-16)8-13-6-14(21(23,24)25)9-15(22)7-13/h3-4,6-7,9-10,12,26H,5,8,11H2,1-2H3,(H,27,29)(H,28,30). The Labute approximate surface area is 171 Å². The first-order valence-electron chi connectivity index (χ1n) is 9.42. The van der Waals surface area contributed by atoms with Crippen molar-refractivity contribution in [2.24, 2.45) is 0 Å². The lowest BCUT2D eigenvalue weighted by Crippen LogP contribution is -2.42. The molecule has 1 aromatic carbocycles. The van der Waals surface area contributed by atoms with E-state index in [2.05, 4.69) is 20.9 Å². The van der Waals surface area contributed by atoms with Crippen molar-refractivity contribution in [3.8, 4) is 0 Å². The van der Waals surface area contributed by atoms with Crippen LogP contribution in [0.15, 0.2) is 47.8 Å². The van der Waals surface area contributed by atoms with E-state index in [-0.39, 0.29) is 23.9 Å². The number of benzene rings is 1. The summed E-state index contributed by atoms with van der Waals surface area (Å²) in [5.41, 5.74) is 1.63. The minimum absolute atomic E-state index is 0.0324. The number of pyridine rings is 1. The summed E-state index contributed by atoms with van der Waals surface area (Å²) < 4.78 is 52.5. The van der Waals surface area contributed by atoms with Gasteiger partial charge in [-0.25, -0.2) is 4.39 Å². The summed E-state index contributed by atoms with van der Waals surface area (Å²) in [5, 5.41) is 9.08. The third-order valence-corrected chi connectivity index (χ3v) is 4.66. The molecule has 1 aliphatic heterocycles. The third-order valence-electron chi connectivity index (χ3n) is 4.66. The first kappa shape index (κ1) is 21.8. The molecular formula is C21H22F4N4O. The van der Waals surface area contributed by atoms with E-state index >= 15 is 0 Å². The Balaban J connectivity index is 1.84. The van der Waals surface area contributed by atoms with Crippen molar-refractivity contribution in [2.75, 3.05) is 18.9 Å². The number of rotatable bonds is 6. The highest BCUT2D eigenvalue weighted by Crippen LogP contribution is 2.31. The first-order chi connectivity index (χ1) is 14.2. The average Bonchev–Trinajstić information content (AvgIpc) is 2.63. The van der Waals surface area contributed by atoms with E-state index in [4.69, 9.17) is 0 Å². The van der Waals surface area contributed by atoms with Gasteiger partial charge in [-0.15, -0.1) is 0 Å². The van der Waals surface area contributed by atoms with Gasteiger partial charge in [-0.3, -0.25) is 9.78 Å². The maximum atomic E-state index is 13.7. The van der Waals surface area contributed by atoms with Crippen molar-refractivity contribution in [3.63, 3.8) is 0 Å². The monoisotopic (exact) mass is 422 g/mol. The molecule has 0 aliphatic carbocycles. The van der Waals surface area contributed by atoms with E-state index in [1.54, 1.807) is 19.2 Å². The topological polar surface area (TPSA) is 66.1 Å². The summed E-state index contributed by atoms with van der Waals surface area (Å²) in [6.45, 7) is 2.29. The fourth-order valence-electron chi connectivity index (χ4n) is 3.37. The van der Waals surface area contributed by atoms with Crippen molar-refractivity contribution in [1.82, 2.24) is 15.6 Å². The van der Waals surface area contributed by atoms with E-state index in [0.717, 1.165) is 17.8 Å². The molecule has 1 unspecified atom stereocenters. The first-order valence-corrected chi connectivity index (χ1v) is 9.42. The average molecular weight is 422 g/mol. The summed E-state index contributed by atoms with van der Waals surface area (Å²) in [7, 11) is 1.74. The molecular weight excluding hydrogens is 400 g/mol. The lowest BCUT2D eigenvalue weighted by Gasteiger charge is -2.26. The molecule has 1 aromatic heterocycles. The van der Waals surface area contributed by atoms with Gasteiger partial charge < -0.3 is 16.0 Å². The molecule has 9 heteroatoms. The summed E-state index contributed by atoms with van der Waals surface area (Å²) in [6.07, 6.45) is -2.46. The van der Waals surface area contributed by atoms with Crippen LogP contribution in [0.2, 0.25) is 0 Å². The minimum Gasteiger partial charge on any atom is -0.358 e. The normalized spacial score (nSPS) is 17.1. The second-order valence-electron chi connectivity index (χ2n) is 7.25. The maximum absolute atomic E-state index is 13.7. The smallest absolute Gasteiger partial charge is 0.358 e. The summed E-state index contributed by atoms with van der Waals surface area (Å²) >= 11 is 0. The predicted octanol–water partition coefficient (Wildman–Crippen LogP) is 3.62. The summed E-state index contributed by atoms with van der Waals surface area (Å²) in [6, 6.07) is 5.81. The molecule has 0 bridgehead atoms. The van der Waals surface area contributed by atoms with Crippen LogP contribution in [-0.4, -0.2) is 30.5 Å². The zero-order valence-corrected chi connectivity index (χ0v) is 16.5. The summed E-state index contributed by atoms with van der Waals surface area (Å²) in [5.74, 6) is -1.10. The Hall–Kier alpha value is -2.94. The molecule has 0 fully saturated rings. The van der Waals surface area contributed by atoms with Gasteiger partial charge in [-0.1, -0.05) is 0 Å². The number of carbonyl (C=O) groups excluding carboxylic acids is 1. The Kier molecular flexibility index (Phi) is 6.40. The van der Waals surface area contributed by atoms with Crippen molar-refractivity contribution in [2.45, 2.75) is 32.0 Å². The van der Waals surface area contributed by atoms with E-state index in [1.807, 2.05) is 6.92 Å². The van der Waals surface area contributed by atoms with Gasteiger partial charge in [0.1, 0.15) is 5.82 Å². The van der Waals surface area contributed by atoms with Crippen LogP contribution in [0.1, 0.15) is 30.2 Å². The number of likely N-dealkylation sites (N-methyl/N-ethyl adjacent to an activating group) is 1. The van der Waals surface area contributed by atoms with Gasteiger partial charge in [0.2, 0.25) is 5.91 Å². The van der Waals surface area contributed by atoms with E-state index in [1.165, 1.54) is 6.20 Å². The van der Waals surface area contributed by atoms with Crippen molar-refractivity contribution >= 4 is 11.6 Å². The maximum Gasteiger partial charge on any atom is 0.416 e. The number of carbonyl (C=O) groups is 1. The van der Waals surface area contributed by atoms with Gasteiger partial charge in [0.05, 0.1) is 5.56 Å². The Morgan fingerprint density at radius 2 is 2.00 bits per heavy atom. The van der Waals surface area contributed by atoms with Crippen LogP contribution in [0.25, 0.3) is 0 Å². The number of nitrogens with zero attached hydrogens (tertiary/aromatic N) is 1. The molecule has 0 spiro atoms. The second-order valence-corrected chi connectivity index (χ2v) is 7.25. The minimum atomic E-state index is -4.62. The highest BCUT2D eigenvalue weighted by molar-refractivity contribution is 5.96. The number of nitrogens with one attached hydrogen (secondary N) is 3. The molecule has 30 heavy (non-hydrogen) atoms. The molecule has 3 rings (SSSR count). The lowest BCUT2D eigenvalue weighted by molar-refractivity contribution is -0.137. The van der Waals surface area contributed by atoms with Gasteiger partial charge >= 0.3 is 6.18 Å². The molecule has 0 saturated heterocycles. The van der Waals surface area contributed by atoms with Crippen LogP contribution in [0, 0.1) is 5.82 Å². The number of alkyl halides is 3. The lowest BCUT2D eigenvalue weighted by atomic mass is 10.0. The van der Waals surface area contributed by atoms with Gasteiger partial charge in [-0.05, 0) is 49.9 Å². The van der Waals surface area contributed by atoms with E-state index in [0.29, 0.717) is 36.0 Å². The molecule has 0 radical (unpaired) electrons. The van der Waals surface area contributed by atoms with Crippen LogP contribution in [0.4, 0.5) is 23.2 Å². The van der Waals surface area contributed by atoms with Crippen LogP contribution in [-0.2, 0) is 17.4 Å². The molecule has 0 saturated carbocycles. The fourth-order valence-corrected chi connectivity index (χ4v) is 3.37. The number of aromatic nitrogens is 1. The third kappa shape index (κ3) is 5.35. The molecule has 2 heterocycles. The Bertz CT molecular complexity index is 972. The van der Waals surface area contributed by atoms with Crippen LogP contribution < -0.4 is 16.0 Å². The molecule has 1 amide bonds.